The Morgan fingerprint density at radius 3 is 2.50 bits per heavy atom. The lowest BCUT2D eigenvalue weighted by molar-refractivity contribution is -0.150. The van der Waals surface area contributed by atoms with Crippen LogP contribution in [0.1, 0.15) is 19.8 Å². The summed E-state index contributed by atoms with van der Waals surface area (Å²) in [6.45, 7) is 2.70. The van der Waals surface area contributed by atoms with Crippen molar-refractivity contribution in [2.75, 3.05) is 13.1 Å². The number of alkyl halides is 4. The fraction of sp³-hybridized carbons (Fsp3) is 1.00. The van der Waals surface area contributed by atoms with E-state index in [2.05, 4.69) is 0 Å². The SMILES string of the molecule is CCC1(N)CCN(C(I)C(F)(F)F)C1. The van der Waals surface area contributed by atoms with E-state index in [4.69, 9.17) is 5.73 Å². The van der Waals surface area contributed by atoms with Gasteiger partial charge in [-0.3, -0.25) is 4.90 Å². The van der Waals surface area contributed by atoms with E-state index in [0.29, 0.717) is 19.5 Å². The first kappa shape index (κ1) is 12.5. The van der Waals surface area contributed by atoms with Crippen LogP contribution in [0.3, 0.4) is 0 Å². The van der Waals surface area contributed by atoms with E-state index in [-0.39, 0.29) is 0 Å². The summed E-state index contributed by atoms with van der Waals surface area (Å²) in [5, 5.41) is 0. The fourth-order valence-corrected chi connectivity index (χ4v) is 2.09. The molecule has 6 heteroatoms. The van der Waals surface area contributed by atoms with Crippen molar-refractivity contribution in [1.82, 2.24) is 4.90 Å². The molecule has 1 saturated heterocycles. The van der Waals surface area contributed by atoms with Crippen molar-refractivity contribution in [1.29, 1.82) is 0 Å². The molecule has 1 aliphatic rings. The van der Waals surface area contributed by atoms with Gasteiger partial charge in [0.05, 0.1) is 0 Å². The molecular weight excluding hydrogens is 308 g/mol. The Kier molecular flexibility index (Phi) is 3.69. The van der Waals surface area contributed by atoms with Crippen LogP contribution in [0, 0.1) is 0 Å². The standard InChI is InChI=1S/C8H14F3IN2/c1-2-7(13)3-4-14(5-7)6(12)8(9,10)11/h6H,2-5,13H2,1H3. The molecule has 1 fully saturated rings. The molecule has 2 N–H and O–H groups in total. The van der Waals surface area contributed by atoms with Gasteiger partial charge in [0.1, 0.15) is 0 Å². The number of hydrogen-bond acceptors (Lipinski definition) is 2. The van der Waals surface area contributed by atoms with Crippen LogP contribution in [-0.4, -0.2) is 33.8 Å². The summed E-state index contributed by atoms with van der Waals surface area (Å²) < 4.78 is 35.7. The Morgan fingerprint density at radius 1 is 1.57 bits per heavy atom. The molecule has 0 amide bonds. The van der Waals surface area contributed by atoms with E-state index in [1.807, 2.05) is 6.92 Å². The lowest BCUT2D eigenvalue weighted by Gasteiger charge is -2.27. The zero-order chi connectivity index (χ0) is 11.0. The Labute approximate surface area is 95.1 Å². The number of nitrogens with two attached hydrogens (primary N) is 1. The summed E-state index contributed by atoms with van der Waals surface area (Å²) in [5.74, 6) is 0. The van der Waals surface area contributed by atoms with E-state index in [0.717, 1.165) is 6.42 Å². The van der Waals surface area contributed by atoms with Crippen molar-refractivity contribution in [3.05, 3.63) is 0 Å². The predicted molar refractivity (Wildman–Crippen MR) is 57.3 cm³/mol. The molecule has 2 nitrogen and oxygen atoms in total. The monoisotopic (exact) mass is 322 g/mol. The van der Waals surface area contributed by atoms with Gasteiger partial charge in [-0.05, 0) is 12.8 Å². The first-order valence-corrected chi connectivity index (χ1v) is 5.77. The minimum Gasteiger partial charge on any atom is -0.324 e. The van der Waals surface area contributed by atoms with Crippen LogP contribution in [0.15, 0.2) is 0 Å². The fourth-order valence-electron chi connectivity index (χ4n) is 1.62. The van der Waals surface area contributed by atoms with Crippen molar-refractivity contribution in [3.8, 4) is 0 Å². The second-order valence-corrected chi connectivity index (χ2v) is 4.99. The summed E-state index contributed by atoms with van der Waals surface area (Å²) in [5.41, 5.74) is 5.50. The number of halogens is 4. The van der Waals surface area contributed by atoms with Gasteiger partial charge in [0.25, 0.3) is 0 Å². The average molecular weight is 322 g/mol. The second-order valence-electron chi connectivity index (χ2n) is 3.81. The van der Waals surface area contributed by atoms with E-state index >= 15 is 0 Å². The topological polar surface area (TPSA) is 29.3 Å². The van der Waals surface area contributed by atoms with Crippen molar-refractivity contribution < 1.29 is 13.2 Å². The van der Waals surface area contributed by atoms with Crippen LogP contribution in [0.5, 0.6) is 0 Å². The smallest absolute Gasteiger partial charge is 0.324 e. The Hall–Kier alpha value is 0.440. The van der Waals surface area contributed by atoms with Gasteiger partial charge >= 0.3 is 6.18 Å². The van der Waals surface area contributed by atoms with Crippen LogP contribution in [0.25, 0.3) is 0 Å². The quantitative estimate of drug-likeness (QED) is 0.479. The molecule has 1 heterocycles. The van der Waals surface area contributed by atoms with E-state index < -0.39 is 15.8 Å². The third-order valence-corrected chi connectivity index (χ3v) is 4.20. The number of hydrogen-bond donors (Lipinski definition) is 1. The van der Waals surface area contributed by atoms with Crippen LogP contribution < -0.4 is 5.73 Å². The maximum absolute atomic E-state index is 12.4. The molecule has 0 aromatic carbocycles. The molecule has 0 spiro atoms. The summed E-state index contributed by atoms with van der Waals surface area (Å²) in [7, 11) is 0. The van der Waals surface area contributed by atoms with Gasteiger partial charge in [0, 0.05) is 18.6 Å². The summed E-state index contributed by atoms with van der Waals surface area (Å²) >= 11 is 1.43. The summed E-state index contributed by atoms with van der Waals surface area (Å²) in [6, 6.07) is 0. The van der Waals surface area contributed by atoms with Crippen LogP contribution in [0.2, 0.25) is 0 Å². The molecule has 0 aliphatic carbocycles. The van der Waals surface area contributed by atoms with Crippen molar-refractivity contribution in [3.63, 3.8) is 0 Å². The molecular formula is C8H14F3IN2. The zero-order valence-electron chi connectivity index (χ0n) is 7.94. The Balaban J connectivity index is 2.58. The second kappa shape index (κ2) is 4.13. The zero-order valence-corrected chi connectivity index (χ0v) is 10.1. The molecule has 0 saturated carbocycles. The average Bonchev–Trinajstić information content (AvgIpc) is 2.46. The van der Waals surface area contributed by atoms with Crippen molar-refractivity contribution in [2.24, 2.45) is 5.73 Å². The third kappa shape index (κ3) is 2.73. The van der Waals surface area contributed by atoms with E-state index in [1.54, 1.807) is 0 Å². The van der Waals surface area contributed by atoms with Crippen molar-refractivity contribution in [2.45, 2.75) is 35.5 Å². The van der Waals surface area contributed by atoms with Gasteiger partial charge in [0.15, 0.2) is 4.05 Å². The Bertz CT molecular complexity index is 209. The highest BCUT2D eigenvalue weighted by Gasteiger charge is 2.46. The third-order valence-electron chi connectivity index (χ3n) is 2.71. The largest absolute Gasteiger partial charge is 0.413 e. The minimum absolute atomic E-state index is 0.344. The molecule has 0 aromatic heterocycles. The summed E-state index contributed by atoms with van der Waals surface area (Å²) in [6.07, 6.45) is -2.77. The molecule has 2 atom stereocenters. The van der Waals surface area contributed by atoms with Crippen molar-refractivity contribution >= 4 is 22.6 Å². The lowest BCUT2D eigenvalue weighted by atomic mass is 9.97. The Morgan fingerprint density at radius 2 is 2.14 bits per heavy atom. The predicted octanol–water partition coefficient (Wildman–Crippen LogP) is 2.12. The highest BCUT2D eigenvalue weighted by atomic mass is 127. The molecule has 1 aliphatic heterocycles. The molecule has 84 valence electrons. The van der Waals surface area contributed by atoms with Crippen LogP contribution >= 0.6 is 22.6 Å². The first-order chi connectivity index (χ1) is 6.28. The maximum Gasteiger partial charge on any atom is 0.413 e. The number of likely N-dealkylation sites (tertiary alicyclic amines) is 1. The molecule has 14 heavy (non-hydrogen) atoms. The van der Waals surface area contributed by atoms with Gasteiger partial charge in [-0.2, -0.15) is 13.2 Å². The van der Waals surface area contributed by atoms with Crippen LogP contribution in [-0.2, 0) is 0 Å². The van der Waals surface area contributed by atoms with Gasteiger partial charge in [-0.15, -0.1) is 0 Å². The molecule has 2 unspecified atom stereocenters. The van der Waals surface area contributed by atoms with E-state index in [9.17, 15) is 13.2 Å². The lowest BCUT2D eigenvalue weighted by Crippen LogP contribution is -2.46. The first-order valence-electron chi connectivity index (χ1n) is 4.52. The molecule has 0 aromatic rings. The van der Waals surface area contributed by atoms with E-state index in [1.165, 1.54) is 27.5 Å². The highest BCUT2D eigenvalue weighted by molar-refractivity contribution is 14.1. The van der Waals surface area contributed by atoms with Crippen LogP contribution in [0.4, 0.5) is 13.2 Å². The molecule has 1 rings (SSSR count). The molecule has 0 bridgehead atoms. The van der Waals surface area contributed by atoms with Gasteiger partial charge < -0.3 is 5.73 Å². The number of nitrogens with zero attached hydrogens (tertiary/aromatic N) is 1. The maximum atomic E-state index is 12.4. The summed E-state index contributed by atoms with van der Waals surface area (Å²) in [4.78, 5) is 1.41. The highest BCUT2D eigenvalue weighted by Crippen LogP contribution is 2.34. The minimum atomic E-state index is -4.15. The normalized spacial score (nSPS) is 32.1. The number of rotatable bonds is 2. The van der Waals surface area contributed by atoms with Gasteiger partial charge in [0.2, 0.25) is 0 Å². The van der Waals surface area contributed by atoms with Gasteiger partial charge in [-0.1, -0.05) is 29.5 Å². The molecule has 0 radical (unpaired) electrons. The van der Waals surface area contributed by atoms with Gasteiger partial charge in [-0.25, -0.2) is 0 Å².